The number of amides is 1. The number of hydrogen-bond donors (Lipinski definition) is 2. The molecule has 1 rings (SSSR count). The van der Waals surface area contributed by atoms with Crippen molar-refractivity contribution in [2.75, 3.05) is 13.7 Å². The zero-order valence-corrected chi connectivity index (χ0v) is 12.2. The first-order valence-corrected chi connectivity index (χ1v) is 6.59. The summed E-state index contributed by atoms with van der Waals surface area (Å²) in [6.07, 6.45) is 3.10. The first-order chi connectivity index (χ1) is 8.76. The Labute approximate surface area is 114 Å². The van der Waals surface area contributed by atoms with Crippen LogP contribution >= 0.6 is 0 Å². The Morgan fingerprint density at radius 2 is 1.79 bits per heavy atom. The fraction of sp³-hybridized carbons (Fsp3) is 0.846. The van der Waals surface area contributed by atoms with Crippen LogP contribution in [0.1, 0.15) is 46.5 Å². The van der Waals surface area contributed by atoms with Crippen LogP contribution in [-0.2, 0) is 14.3 Å². The van der Waals surface area contributed by atoms with E-state index in [-0.39, 0.29) is 12.5 Å². The largest absolute Gasteiger partial charge is 0.468 e. The van der Waals surface area contributed by atoms with Crippen LogP contribution in [0.4, 0.5) is 4.79 Å². The van der Waals surface area contributed by atoms with Gasteiger partial charge in [-0.1, -0.05) is 0 Å². The van der Waals surface area contributed by atoms with Crippen molar-refractivity contribution in [3.8, 4) is 0 Å². The van der Waals surface area contributed by atoms with Gasteiger partial charge in [-0.05, 0) is 46.5 Å². The molecule has 0 spiro atoms. The number of carbonyl (C=O) groups excluding carboxylic acids is 2. The van der Waals surface area contributed by atoms with E-state index in [0.717, 1.165) is 25.7 Å². The predicted molar refractivity (Wildman–Crippen MR) is 70.6 cm³/mol. The third kappa shape index (κ3) is 5.46. The van der Waals surface area contributed by atoms with E-state index >= 15 is 0 Å². The molecule has 0 unspecified atom stereocenters. The molecule has 0 aromatic rings. The summed E-state index contributed by atoms with van der Waals surface area (Å²) in [5, 5.41) is 5.92. The van der Waals surface area contributed by atoms with Crippen LogP contribution in [0, 0.1) is 0 Å². The molecule has 1 aliphatic rings. The van der Waals surface area contributed by atoms with Gasteiger partial charge in [0.25, 0.3) is 0 Å². The molecule has 6 heteroatoms. The van der Waals surface area contributed by atoms with Crippen molar-refractivity contribution in [1.82, 2.24) is 10.6 Å². The molecule has 1 saturated carbocycles. The van der Waals surface area contributed by atoms with Crippen LogP contribution in [0.15, 0.2) is 0 Å². The number of nitrogens with one attached hydrogen (secondary N) is 2. The van der Waals surface area contributed by atoms with Crippen LogP contribution in [0.3, 0.4) is 0 Å². The molecule has 0 aromatic carbocycles. The van der Waals surface area contributed by atoms with Crippen LogP contribution in [0.5, 0.6) is 0 Å². The maximum absolute atomic E-state index is 11.8. The number of carbonyl (C=O) groups is 2. The van der Waals surface area contributed by atoms with Crippen molar-refractivity contribution in [2.45, 2.75) is 57.7 Å². The maximum Gasteiger partial charge on any atom is 0.409 e. The highest BCUT2D eigenvalue weighted by molar-refractivity contribution is 5.72. The van der Waals surface area contributed by atoms with Gasteiger partial charge >= 0.3 is 12.1 Å². The number of esters is 1. The Balaban J connectivity index is 2.56. The zero-order valence-electron chi connectivity index (χ0n) is 12.2. The molecule has 2 N–H and O–H groups in total. The van der Waals surface area contributed by atoms with Crippen LogP contribution < -0.4 is 10.6 Å². The zero-order chi connectivity index (χ0) is 14.5. The molecule has 0 saturated heterocycles. The fourth-order valence-corrected chi connectivity index (χ4v) is 2.14. The summed E-state index contributed by atoms with van der Waals surface area (Å²) in [6, 6.07) is 0. The second kappa shape index (κ2) is 6.23. The maximum atomic E-state index is 11.8. The van der Waals surface area contributed by atoms with Crippen LogP contribution in [-0.4, -0.2) is 37.0 Å². The van der Waals surface area contributed by atoms with Crippen molar-refractivity contribution in [3.05, 3.63) is 0 Å². The lowest BCUT2D eigenvalue weighted by Crippen LogP contribution is -2.59. The van der Waals surface area contributed by atoms with Gasteiger partial charge in [-0.2, -0.15) is 0 Å². The van der Waals surface area contributed by atoms with Gasteiger partial charge in [-0.15, -0.1) is 0 Å². The Morgan fingerprint density at radius 1 is 1.21 bits per heavy atom. The number of rotatable bonds is 4. The Kier molecular flexibility index (Phi) is 5.17. The minimum absolute atomic E-state index is 0.0757. The van der Waals surface area contributed by atoms with Crippen molar-refractivity contribution in [3.63, 3.8) is 0 Å². The molecule has 0 aliphatic heterocycles. The molecule has 110 valence electrons. The van der Waals surface area contributed by atoms with Crippen LogP contribution in [0.2, 0.25) is 0 Å². The summed E-state index contributed by atoms with van der Waals surface area (Å²) < 4.78 is 9.85. The van der Waals surface area contributed by atoms with E-state index in [0.29, 0.717) is 0 Å². The quantitative estimate of drug-likeness (QED) is 0.599. The van der Waals surface area contributed by atoms with Crippen molar-refractivity contribution >= 4 is 12.1 Å². The SMILES string of the molecule is COC(=O)CNC1(NC(=O)OC(C)(C)C)CCCC1. The molecule has 6 nitrogen and oxygen atoms in total. The summed E-state index contributed by atoms with van der Waals surface area (Å²) >= 11 is 0. The molecule has 1 fully saturated rings. The van der Waals surface area contributed by atoms with E-state index in [9.17, 15) is 9.59 Å². The molecule has 0 atom stereocenters. The molecular formula is C13H24N2O4. The Morgan fingerprint density at radius 3 is 2.26 bits per heavy atom. The van der Waals surface area contributed by atoms with E-state index in [2.05, 4.69) is 15.4 Å². The standard InChI is InChI=1S/C13H24N2O4/c1-12(2,3)19-11(17)15-13(7-5-6-8-13)14-9-10(16)18-4/h14H,5-9H2,1-4H3,(H,15,17). The highest BCUT2D eigenvalue weighted by Gasteiger charge is 2.36. The monoisotopic (exact) mass is 272 g/mol. The van der Waals surface area contributed by atoms with Gasteiger partial charge in [0.2, 0.25) is 0 Å². The minimum Gasteiger partial charge on any atom is -0.468 e. The van der Waals surface area contributed by atoms with Gasteiger partial charge in [-0.25, -0.2) is 4.79 Å². The van der Waals surface area contributed by atoms with Crippen molar-refractivity contribution < 1.29 is 19.1 Å². The lowest BCUT2D eigenvalue weighted by molar-refractivity contribution is -0.140. The summed E-state index contributed by atoms with van der Waals surface area (Å²) in [5.41, 5.74) is -1.09. The van der Waals surface area contributed by atoms with Gasteiger partial charge in [0.15, 0.2) is 0 Å². The van der Waals surface area contributed by atoms with Gasteiger partial charge < -0.3 is 14.8 Å². The van der Waals surface area contributed by atoms with Crippen LogP contribution in [0.25, 0.3) is 0 Å². The average molecular weight is 272 g/mol. The number of methoxy groups -OCH3 is 1. The molecule has 0 heterocycles. The first-order valence-electron chi connectivity index (χ1n) is 6.59. The highest BCUT2D eigenvalue weighted by atomic mass is 16.6. The Bertz CT molecular complexity index is 330. The number of ether oxygens (including phenoxy) is 2. The van der Waals surface area contributed by atoms with E-state index in [4.69, 9.17) is 4.74 Å². The van der Waals surface area contributed by atoms with Crippen molar-refractivity contribution in [2.24, 2.45) is 0 Å². The molecular weight excluding hydrogens is 248 g/mol. The summed E-state index contributed by atoms with van der Waals surface area (Å²) in [5.74, 6) is -0.350. The molecule has 1 aliphatic carbocycles. The summed E-state index contributed by atoms with van der Waals surface area (Å²) in [4.78, 5) is 23.0. The summed E-state index contributed by atoms with van der Waals surface area (Å²) in [7, 11) is 1.34. The highest BCUT2D eigenvalue weighted by Crippen LogP contribution is 2.27. The number of alkyl carbamates (subject to hydrolysis) is 1. The van der Waals surface area contributed by atoms with E-state index in [1.165, 1.54) is 7.11 Å². The third-order valence-electron chi connectivity index (χ3n) is 3.00. The normalized spacial score (nSPS) is 17.9. The topological polar surface area (TPSA) is 76.7 Å². The second-order valence-electron chi connectivity index (χ2n) is 5.85. The smallest absolute Gasteiger partial charge is 0.409 e. The van der Waals surface area contributed by atoms with E-state index in [1.807, 2.05) is 20.8 Å². The predicted octanol–water partition coefficient (Wildman–Crippen LogP) is 1.54. The summed E-state index contributed by atoms with van der Waals surface area (Å²) in [6.45, 7) is 5.52. The lowest BCUT2D eigenvalue weighted by atomic mass is 10.1. The number of hydrogen-bond acceptors (Lipinski definition) is 5. The van der Waals surface area contributed by atoms with Gasteiger partial charge in [-0.3, -0.25) is 10.1 Å². The molecule has 0 aromatic heterocycles. The van der Waals surface area contributed by atoms with Gasteiger partial charge in [0.05, 0.1) is 19.3 Å². The third-order valence-corrected chi connectivity index (χ3v) is 3.00. The second-order valence-corrected chi connectivity index (χ2v) is 5.85. The fourth-order valence-electron chi connectivity index (χ4n) is 2.14. The Hall–Kier alpha value is -1.30. The molecule has 19 heavy (non-hydrogen) atoms. The first kappa shape index (κ1) is 15.8. The average Bonchev–Trinajstić information content (AvgIpc) is 2.72. The molecule has 0 radical (unpaired) electrons. The van der Waals surface area contributed by atoms with E-state index in [1.54, 1.807) is 0 Å². The van der Waals surface area contributed by atoms with Crippen molar-refractivity contribution in [1.29, 1.82) is 0 Å². The molecule has 1 amide bonds. The van der Waals surface area contributed by atoms with Gasteiger partial charge in [0, 0.05) is 0 Å². The molecule has 0 bridgehead atoms. The van der Waals surface area contributed by atoms with E-state index < -0.39 is 17.4 Å². The lowest BCUT2D eigenvalue weighted by Gasteiger charge is -2.32. The minimum atomic E-state index is -0.559. The van der Waals surface area contributed by atoms with Gasteiger partial charge in [0.1, 0.15) is 5.60 Å².